The van der Waals surface area contributed by atoms with E-state index in [0.717, 1.165) is 17.0 Å². The first-order valence-corrected chi connectivity index (χ1v) is 8.11. The molecular formula is C18H22FNS. The Kier molecular flexibility index (Phi) is 5.43. The second-order valence-corrected chi connectivity index (χ2v) is 6.42. The van der Waals surface area contributed by atoms with Gasteiger partial charge >= 0.3 is 0 Å². The number of rotatable bonds is 5. The Morgan fingerprint density at radius 1 is 1.10 bits per heavy atom. The van der Waals surface area contributed by atoms with E-state index in [1.807, 2.05) is 12.1 Å². The number of benzene rings is 2. The van der Waals surface area contributed by atoms with Crippen LogP contribution in [0.3, 0.4) is 0 Å². The van der Waals surface area contributed by atoms with Crippen molar-refractivity contribution >= 4 is 11.8 Å². The van der Waals surface area contributed by atoms with Crippen LogP contribution in [-0.2, 0) is 0 Å². The SMILES string of the molecule is CCNC(C)c1ccc(Sc2cc(C)ccc2C)c(F)c1. The summed E-state index contributed by atoms with van der Waals surface area (Å²) in [5.41, 5.74) is 3.36. The third kappa shape index (κ3) is 4.08. The van der Waals surface area contributed by atoms with Gasteiger partial charge < -0.3 is 5.32 Å². The molecule has 0 aliphatic rings. The van der Waals surface area contributed by atoms with Crippen molar-refractivity contribution in [1.82, 2.24) is 5.32 Å². The Hall–Kier alpha value is -1.32. The summed E-state index contributed by atoms with van der Waals surface area (Å²) >= 11 is 1.49. The molecule has 0 spiro atoms. The molecule has 3 heteroatoms. The Morgan fingerprint density at radius 3 is 2.52 bits per heavy atom. The zero-order chi connectivity index (χ0) is 15.4. The summed E-state index contributed by atoms with van der Waals surface area (Å²) in [4.78, 5) is 1.79. The van der Waals surface area contributed by atoms with Gasteiger partial charge in [-0.2, -0.15) is 0 Å². The van der Waals surface area contributed by atoms with E-state index in [2.05, 4.69) is 51.2 Å². The van der Waals surface area contributed by atoms with E-state index in [1.165, 1.54) is 22.9 Å². The van der Waals surface area contributed by atoms with Gasteiger partial charge in [-0.25, -0.2) is 4.39 Å². The first kappa shape index (κ1) is 16.1. The maximum absolute atomic E-state index is 14.3. The molecule has 0 aromatic heterocycles. The lowest BCUT2D eigenvalue weighted by atomic mass is 10.1. The molecule has 0 saturated carbocycles. The molecule has 0 fully saturated rings. The van der Waals surface area contributed by atoms with Crippen molar-refractivity contribution in [2.45, 2.75) is 43.5 Å². The molecule has 0 radical (unpaired) electrons. The average molecular weight is 303 g/mol. The van der Waals surface area contributed by atoms with Crippen LogP contribution in [0, 0.1) is 19.7 Å². The summed E-state index contributed by atoms with van der Waals surface area (Å²) in [5.74, 6) is -0.150. The molecule has 2 aromatic carbocycles. The monoisotopic (exact) mass is 303 g/mol. The van der Waals surface area contributed by atoms with Crippen LogP contribution in [-0.4, -0.2) is 6.54 Å². The number of halogens is 1. The zero-order valence-electron chi connectivity index (χ0n) is 13.0. The van der Waals surface area contributed by atoms with Crippen LogP contribution in [0.1, 0.15) is 36.6 Å². The van der Waals surface area contributed by atoms with Gasteiger partial charge in [-0.1, -0.05) is 36.9 Å². The second-order valence-electron chi connectivity index (χ2n) is 5.34. The third-order valence-corrected chi connectivity index (χ3v) is 4.74. The first-order chi connectivity index (χ1) is 10.0. The van der Waals surface area contributed by atoms with Crippen molar-refractivity contribution in [3.8, 4) is 0 Å². The predicted molar refractivity (Wildman–Crippen MR) is 88.5 cm³/mol. The van der Waals surface area contributed by atoms with Crippen molar-refractivity contribution in [3.63, 3.8) is 0 Å². The van der Waals surface area contributed by atoms with Gasteiger partial charge in [-0.3, -0.25) is 0 Å². The Bertz CT molecular complexity index is 625. The first-order valence-electron chi connectivity index (χ1n) is 7.29. The van der Waals surface area contributed by atoms with E-state index in [0.29, 0.717) is 4.90 Å². The van der Waals surface area contributed by atoms with Crippen molar-refractivity contribution in [2.24, 2.45) is 0 Å². The fourth-order valence-electron chi connectivity index (χ4n) is 2.23. The molecule has 0 aliphatic heterocycles. The molecule has 112 valence electrons. The minimum Gasteiger partial charge on any atom is -0.310 e. The fourth-order valence-corrected chi connectivity index (χ4v) is 3.23. The molecule has 0 heterocycles. The van der Waals surface area contributed by atoms with Crippen LogP contribution >= 0.6 is 11.8 Å². The second kappa shape index (κ2) is 7.10. The lowest BCUT2D eigenvalue weighted by molar-refractivity contribution is 0.572. The van der Waals surface area contributed by atoms with Crippen LogP contribution < -0.4 is 5.32 Å². The summed E-state index contributed by atoms with van der Waals surface area (Å²) in [6.07, 6.45) is 0. The molecule has 1 nitrogen and oxygen atoms in total. The van der Waals surface area contributed by atoms with E-state index in [1.54, 1.807) is 6.07 Å². The van der Waals surface area contributed by atoms with E-state index >= 15 is 0 Å². The highest BCUT2D eigenvalue weighted by atomic mass is 32.2. The molecular weight excluding hydrogens is 281 g/mol. The lowest BCUT2D eigenvalue weighted by Crippen LogP contribution is -2.17. The van der Waals surface area contributed by atoms with Gasteiger partial charge in [0.15, 0.2) is 0 Å². The molecule has 2 aromatic rings. The average Bonchev–Trinajstić information content (AvgIpc) is 2.45. The summed E-state index contributed by atoms with van der Waals surface area (Å²) < 4.78 is 14.3. The molecule has 1 unspecified atom stereocenters. The van der Waals surface area contributed by atoms with E-state index < -0.39 is 0 Å². The third-order valence-electron chi connectivity index (χ3n) is 3.53. The van der Waals surface area contributed by atoms with Crippen molar-refractivity contribution in [1.29, 1.82) is 0 Å². The molecule has 0 amide bonds. The molecule has 21 heavy (non-hydrogen) atoms. The van der Waals surface area contributed by atoms with Gasteiger partial charge in [0.1, 0.15) is 5.82 Å². The summed E-state index contributed by atoms with van der Waals surface area (Å²) in [6, 6.07) is 12.0. The summed E-state index contributed by atoms with van der Waals surface area (Å²) in [7, 11) is 0. The molecule has 0 aliphatic carbocycles. The normalized spacial score (nSPS) is 12.4. The molecule has 2 rings (SSSR count). The van der Waals surface area contributed by atoms with Gasteiger partial charge in [-0.15, -0.1) is 0 Å². The highest BCUT2D eigenvalue weighted by Gasteiger charge is 2.10. The zero-order valence-corrected chi connectivity index (χ0v) is 13.9. The highest BCUT2D eigenvalue weighted by molar-refractivity contribution is 7.99. The Labute approximate surface area is 131 Å². The number of nitrogens with one attached hydrogen (secondary N) is 1. The van der Waals surface area contributed by atoms with Crippen molar-refractivity contribution in [3.05, 3.63) is 58.9 Å². The smallest absolute Gasteiger partial charge is 0.137 e. The number of aryl methyl sites for hydroxylation is 2. The van der Waals surface area contributed by atoms with Crippen LogP contribution in [0.5, 0.6) is 0 Å². The topological polar surface area (TPSA) is 12.0 Å². The highest BCUT2D eigenvalue weighted by Crippen LogP contribution is 2.33. The predicted octanol–water partition coefficient (Wildman–Crippen LogP) is 5.26. The summed E-state index contributed by atoms with van der Waals surface area (Å²) in [6.45, 7) is 9.09. The largest absolute Gasteiger partial charge is 0.310 e. The van der Waals surface area contributed by atoms with E-state index in [9.17, 15) is 4.39 Å². The minimum atomic E-state index is -0.150. The number of hydrogen-bond donors (Lipinski definition) is 1. The van der Waals surface area contributed by atoms with Gasteiger partial charge in [0.2, 0.25) is 0 Å². The summed E-state index contributed by atoms with van der Waals surface area (Å²) in [5, 5.41) is 3.30. The molecule has 1 atom stereocenters. The molecule has 0 saturated heterocycles. The fraction of sp³-hybridized carbons (Fsp3) is 0.333. The van der Waals surface area contributed by atoms with Crippen LogP contribution in [0.25, 0.3) is 0 Å². The molecule has 1 N–H and O–H groups in total. The van der Waals surface area contributed by atoms with Gasteiger partial charge in [0.05, 0.1) is 0 Å². The van der Waals surface area contributed by atoms with E-state index in [-0.39, 0.29) is 11.9 Å². The lowest BCUT2D eigenvalue weighted by Gasteiger charge is -2.14. The van der Waals surface area contributed by atoms with Gasteiger partial charge in [-0.05, 0) is 62.2 Å². The Morgan fingerprint density at radius 2 is 1.86 bits per heavy atom. The molecule has 0 bridgehead atoms. The van der Waals surface area contributed by atoms with Crippen LogP contribution in [0.4, 0.5) is 4.39 Å². The Balaban J connectivity index is 2.23. The van der Waals surface area contributed by atoms with Crippen LogP contribution in [0.15, 0.2) is 46.2 Å². The van der Waals surface area contributed by atoms with Gasteiger partial charge in [0, 0.05) is 15.8 Å². The minimum absolute atomic E-state index is 0.150. The van der Waals surface area contributed by atoms with Crippen LogP contribution in [0.2, 0.25) is 0 Å². The standard InChI is InChI=1S/C18H22FNS/c1-5-20-14(4)15-8-9-17(16(19)11-15)21-18-10-12(2)6-7-13(18)3/h6-11,14,20H,5H2,1-4H3. The van der Waals surface area contributed by atoms with Gasteiger partial charge in [0.25, 0.3) is 0 Å². The van der Waals surface area contributed by atoms with Crippen molar-refractivity contribution < 1.29 is 4.39 Å². The maximum Gasteiger partial charge on any atom is 0.137 e. The maximum atomic E-state index is 14.3. The number of hydrogen-bond acceptors (Lipinski definition) is 2. The quantitative estimate of drug-likeness (QED) is 0.808. The van der Waals surface area contributed by atoms with Crippen molar-refractivity contribution in [2.75, 3.05) is 6.54 Å². The van der Waals surface area contributed by atoms with E-state index in [4.69, 9.17) is 0 Å².